The molecule has 1 rings (SSSR count). The second-order valence-electron chi connectivity index (χ2n) is 4.64. The lowest BCUT2D eigenvalue weighted by Crippen LogP contribution is -2.40. The molecule has 0 saturated heterocycles. The van der Waals surface area contributed by atoms with Crippen molar-refractivity contribution in [3.05, 3.63) is 29.8 Å². The van der Waals surface area contributed by atoms with Gasteiger partial charge < -0.3 is 15.5 Å². The van der Waals surface area contributed by atoms with E-state index in [4.69, 9.17) is 5.73 Å². The monoisotopic (exact) mass is 299 g/mol. The van der Waals surface area contributed by atoms with Gasteiger partial charge in [-0.3, -0.25) is 9.59 Å². The van der Waals surface area contributed by atoms with Gasteiger partial charge in [0.15, 0.2) is 0 Å². The number of rotatable bonds is 5. The zero-order valence-corrected chi connectivity index (χ0v) is 12.9. The van der Waals surface area contributed by atoms with Crippen LogP contribution in [0.2, 0.25) is 0 Å². The van der Waals surface area contributed by atoms with Gasteiger partial charge in [-0.05, 0) is 24.6 Å². The highest BCUT2D eigenvalue weighted by molar-refractivity contribution is 5.97. The molecule has 0 saturated carbocycles. The lowest BCUT2D eigenvalue weighted by molar-refractivity contribution is -0.129. The zero-order valence-electron chi connectivity index (χ0n) is 12.1. The Hall–Kier alpha value is -1.75. The predicted molar refractivity (Wildman–Crippen MR) is 83.0 cm³/mol. The van der Waals surface area contributed by atoms with Crippen LogP contribution in [0.1, 0.15) is 23.7 Å². The molecular weight excluding hydrogens is 278 g/mol. The molecule has 2 N–H and O–H groups in total. The van der Waals surface area contributed by atoms with Crippen molar-refractivity contribution in [2.75, 3.05) is 32.9 Å². The van der Waals surface area contributed by atoms with Gasteiger partial charge in [-0.2, -0.15) is 0 Å². The number of carbonyl (C=O) groups is 2. The molecule has 0 fully saturated rings. The highest BCUT2D eigenvalue weighted by Gasteiger charge is 2.19. The summed E-state index contributed by atoms with van der Waals surface area (Å²) in [5.74, 6) is -0.255. The molecule has 0 bridgehead atoms. The third-order valence-corrected chi connectivity index (χ3v) is 2.74. The molecule has 2 amide bonds. The van der Waals surface area contributed by atoms with Crippen molar-refractivity contribution >= 4 is 29.9 Å². The molecule has 0 aromatic heterocycles. The van der Waals surface area contributed by atoms with Crippen molar-refractivity contribution < 1.29 is 9.59 Å². The second kappa shape index (κ2) is 8.43. The average Bonchev–Trinajstić information content (AvgIpc) is 2.37. The molecule has 20 heavy (non-hydrogen) atoms. The molecule has 1 aromatic rings. The van der Waals surface area contributed by atoms with Crippen molar-refractivity contribution in [1.29, 1.82) is 0 Å². The summed E-state index contributed by atoms with van der Waals surface area (Å²) in [5, 5.41) is 0. The molecule has 1 aromatic carbocycles. The number of hydrogen-bond donors (Lipinski definition) is 1. The first-order valence-corrected chi connectivity index (χ1v) is 6.30. The number of anilines is 1. The van der Waals surface area contributed by atoms with Crippen LogP contribution in [0.5, 0.6) is 0 Å². The van der Waals surface area contributed by atoms with E-state index in [2.05, 4.69) is 0 Å². The molecule has 0 atom stereocenters. The highest BCUT2D eigenvalue weighted by atomic mass is 35.5. The molecule has 5 nitrogen and oxygen atoms in total. The molecule has 0 aliphatic rings. The van der Waals surface area contributed by atoms with Crippen molar-refractivity contribution in [3.8, 4) is 0 Å². The fraction of sp³-hybridized carbons (Fsp3) is 0.429. The summed E-state index contributed by atoms with van der Waals surface area (Å²) in [6.07, 6.45) is 0.800. The first-order valence-electron chi connectivity index (χ1n) is 6.30. The molecule has 6 heteroatoms. The van der Waals surface area contributed by atoms with Crippen molar-refractivity contribution in [3.63, 3.8) is 0 Å². The standard InChI is InChI=1S/C14H21N3O2.ClH/c1-4-8-17(10-13(18)16(2)3)14(19)11-6-5-7-12(15)9-11;/h5-7,9H,4,8,10,15H2,1-3H3;1H. The molecule has 0 aliphatic carbocycles. The number of nitrogens with two attached hydrogens (primary N) is 1. The van der Waals surface area contributed by atoms with Crippen LogP contribution >= 0.6 is 12.4 Å². The van der Waals surface area contributed by atoms with Crippen molar-refractivity contribution in [1.82, 2.24) is 9.80 Å². The number of nitrogens with zero attached hydrogens (tertiary/aromatic N) is 2. The number of amides is 2. The summed E-state index contributed by atoms with van der Waals surface area (Å²) in [5.41, 5.74) is 6.73. The molecular formula is C14H22ClN3O2. The van der Waals surface area contributed by atoms with Crippen LogP contribution in [0.3, 0.4) is 0 Å². The number of nitrogen functional groups attached to an aromatic ring is 1. The Kier molecular flexibility index (Phi) is 7.69. The highest BCUT2D eigenvalue weighted by Crippen LogP contribution is 2.10. The Bertz CT molecular complexity index is 463. The van der Waals surface area contributed by atoms with E-state index in [1.165, 1.54) is 4.90 Å². The van der Waals surface area contributed by atoms with Crippen LogP contribution < -0.4 is 5.73 Å². The molecule has 0 unspecified atom stereocenters. The van der Waals surface area contributed by atoms with E-state index in [1.54, 1.807) is 43.3 Å². The van der Waals surface area contributed by atoms with Gasteiger partial charge in [0.25, 0.3) is 5.91 Å². The number of benzene rings is 1. The van der Waals surface area contributed by atoms with E-state index in [0.717, 1.165) is 6.42 Å². The summed E-state index contributed by atoms with van der Waals surface area (Å²) in [7, 11) is 3.36. The van der Waals surface area contributed by atoms with Crippen LogP contribution in [0.4, 0.5) is 5.69 Å². The van der Waals surface area contributed by atoms with Gasteiger partial charge in [0, 0.05) is 31.9 Å². The van der Waals surface area contributed by atoms with Crippen LogP contribution in [0.15, 0.2) is 24.3 Å². The largest absolute Gasteiger partial charge is 0.399 e. The summed E-state index contributed by atoms with van der Waals surface area (Å²) in [4.78, 5) is 27.1. The van der Waals surface area contributed by atoms with Gasteiger partial charge in [0.2, 0.25) is 5.91 Å². The molecule has 0 radical (unpaired) electrons. The summed E-state index contributed by atoms with van der Waals surface area (Å²) in [6, 6.07) is 6.80. The maximum absolute atomic E-state index is 12.3. The Labute approximate surface area is 126 Å². The molecule has 112 valence electrons. The van der Waals surface area contributed by atoms with Gasteiger partial charge in [-0.1, -0.05) is 13.0 Å². The number of likely N-dealkylation sites (N-methyl/N-ethyl adjacent to an activating group) is 1. The Morgan fingerprint density at radius 3 is 2.40 bits per heavy atom. The average molecular weight is 300 g/mol. The van der Waals surface area contributed by atoms with Crippen LogP contribution in [-0.4, -0.2) is 48.8 Å². The summed E-state index contributed by atoms with van der Waals surface area (Å²) >= 11 is 0. The third-order valence-electron chi connectivity index (χ3n) is 2.74. The first kappa shape index (κ1) is 18.2. The normalized spacial score (nSPS) is 9.55. The fourth-order valence-electron chi connectivity index (χ4n) is 1.68. The quantitative estimate of drug-likeness (QED) is 0.840. The first-order chi connectivity index (χ1) is 8.95. The van der Waals surface area contributed by atoms with Crippen molar-refractivity contribution in [2.45, 2.75) is 13.3 Å². The Morgan fingerprint density at radius 2 is 1.90 bits per heavy atom. The van der Waals surface area contributed by atoms with E-state index in [1.807, 2.05) is 6.92 Å². The van der Waals surface area contributed by atoms with Gasteiger partial charge in [0.1, 0.15) is 6.54 Å². The lowest BCUT2D eigenvalue weighted by Gasteiger charge is -2.23. The van der Waals surface area contributed by atoms with E-state index < -0.39 is 0 Å². The predicted octanol–water partition coefficient (Wildman–Crippen LogP) is 1.63. The number of halogens is 1. The summed E-state index contributed by atoms with van der Waals surface area (Å²) < 4.78 is 0. The van der Waals surface area contributed by atoms with Gasteiger partial charge >= 0.3 is 0 Å². The Balaban J connectivity index is 0.00000361. The SMILES string of the molecule is CCCN(CC(=O)N(C)C)C(=O)c1cccc(N)c1.Cl. The summed E-state index contributed by atoms with van der Waals surface area (Å²) in [6.45, 7) is 2.61. The van der Waals surface area contributed by atoms with Gasteiger partial charge in [0.05, 0.1) is 0 Å². The maximum Gasteiger partial charge on any atom is 0.254 e. The van der Waals surface area contributed by atoms with Crippen LogP contribution in [0, 0.1) is 0 Å². The van der Waals surface area contributed by atoms with Crippen LogP contribution in [0.25, 0.3) is 0 Å². The number of carbonyl (C=O) groups excluding carboxylic acids is 2. The van der Waals surface area contributed by atoms with Crippen molar-refractivity contribution in [2.24, 2.45) is 0 Å². The van der Waals surface area contributed by atoms with Crippen LogP contribution in [-0.2, 0) is 4.79 Å². The fourth-order valence-corrected chi connectivity index (χ4v) is 1.68. The minimum Gasteiger partial charge on any atom is -0.399 e. The smallest absolute Gasteiger partial charge is 0.254 e. The minimum absolute atomic E-state index is 0. The third kappa shape index (κ3) is 5.09. The number of hydrogen-bond acceptors (Lipinski definition) is 3. The molecule has 0 spiro atoms. The van der Waals surface area contributed by atoms with Gasteiger partial charge in [-0.25, -0.2) is 0 Å². The van der Waals surface area contributed by atoms with E-state index >= 15 is 0 Å². The maximum atomic E-state index is 12.3. The lowest BCUT2D eigenvalue weighted by atomic mass is 10.1. The van der Waals surface area contributed by atoms with Gasteiger partial charge in [-0.15, -0.1) is 12.4 Å². The Morgan fingerprint density at radius 1 is 1.25 bits per heavy atom. The van der Waals surface area contributed by atoms with E-state index in [9.17, 15) is 9.59 Å². The molecule has 0 aliphatic heterocycles. The van der Waals surface area contributed by atoms with E-state index in [-0.39, 0.29) is 30.8 Å². The molecule has 0 heterocycles. The second-order valence-corrected chi connectivity index (χ2v) is 4.64. The zero-order chi connectivity index (χ0) is 14.4. The minimum atomic E-state index is -0.163. The van der Waals surface area contributed by atoms with E-state index in [0.29, 0.717) is 17.8 Å². The topological polar surface area (TPSA) is 66.6 Å².